The van der Waals surface area contributed by atoms with Crippen molar-refractivity contribution in [3.05, 3.63) is 70.6 Å². The van der Waals surface area contributed by atoms with E-state index in [1.54, 1.807) is 42.5 Å². The third-order valence-corrected chi connectivity index (χ3v) is 4.19. The molecule has 3 aromatic rings. The second kappa shape index (κ2) is 8.94. The first-order chi connectivity index (χ1) is 13.6. The molecule has 1 heterocycles. The molecule has 0 unspecified atom stereocenters. The number of rotatable bonds is 7. The summed E-state index contributed by atoms with van der Waals surface area (Å²) in [5.74, 6) is -0.738. The number of carbonyl (C=O) groups is 2. The number of aromatic nitrogens is 2. The van der Waals surface area contributed by atoms with Crippen LogP contribution in [0.5, 0.6) is 0 Å². The number of benzene rings is 2. The van der Waals surface area contributed by atoms with Crippen LogP contribution in [-0.4, -0.2) is 28.0 Å². The number of amides is 1. The number of ether oxygens (including phenoxy) is 1. The van der Waals surface area contributed by atoms with Gasteiger partial charge >= 0.3 is 5.97 Å². The molecule has 0 saturated carbocycles. The van der Waals surface area contributed by atoms with Crippen molar-refractivity contribution >= 4 is 28.6 Å². The van der Waals surface area contributed by atoms with E-state index in [1.165, 1.54) is 10.8 Å². The van der Waals surface area contributed by atoms with E-state index in [0.717, 1.165) is 12.8 Å². The number of nitrogens with one attached hydrogen (secondary N) is 1. The normalized spacial score (nSPS) is 10.6. The van der Waals surface area contributed by atoms with E-state index in [2.05, 4.69) is 10.3 Å². The molecule has 0 aliphatic heterocycles. The van der Waals surface area contributed by atoms with E-state index in [-0.39, 0.29) is 24.0 Å². The van der Waals surface area contributed by atoms with Gasteiger partial charge < -0.3 is 10.1 Å². The third-order valence-electron chi connectivity index (χ3n) is 4.19. The fraction of sp³-hybridized carbons (Fsp3) is 0.238. The lowest BCUT2D eigenvalue weighted by atomic mass is 10.2. The molecule has 0 spiro atoms. The molecule has 0 atom stereocenters. The lowest BCUT2D eigenvalue weighted by Crippen LogP contribution is -2.28. The van der Waals surface area contributed by atoms with Crippen LogP contribution in [0.15, 0.2) is 59.5 Å². The lowest BCUT2D eigenvalue weighted by molar-refractivity contribution is -0.116. The van der Waals surface area contributed by atoms with Gasteiger partial charge in [0.25, 0.3) is 5.56 Å². The van der Waals surface area contributed by atoms with E-state index in [9.17, 15) is 14.4 Å². The second-order valence-corrected chi connectivity index (χ2v) is 6.29. The molecule has 1 N–H and O–H groups in total. The Kier molecular flexibility index (Phi) is 6.16. The van der Waals surface area contributed by atoms with Crippen molar-refractivity contribution in [2.45, 2.75) is 26.3 Å². The highest BCUT2D eigenvalue weighted by atomic mass is 16.5. The molecule has 1 aromatic heterocycles. The molecule has 3 rings (SSSR count). The molecular formula is C21H21N3O4. The van der Waals surface area contributed by atoms with Gasteiger partial charge in [0.2, 0.25) is 5.91 Å². The number of unbranched alkanes of at least 4 members (excludes halogenated alkanes) is 1. The first-order valence-electron chi connectivity index (χ1n) is 9.10. The van der Waals surface area contributed by atoms with E-state index in [0.29, 0.717) is 28.9 Å². The van der Waals surface area contributed by atoms with Gasteiger partial charge in [-0.05, 0) is 42.8 Å². The Bertz CT molecular complexity index is 1040. The summed E-state index contributed by atoms with van der Waals surface area (Å²) in [5, 5.41) is 2.73. The number of para-hydroxylation sites is 2. The zero-order chi connectivity index (χ0) is 19.9. The summed E-state index contributed by atoms with van der Waals surface area (Å²) in [4.78, 5) is 40.5. The van der Waals surface area contributed by atoms with Crippen molar-refractivity contribution in [3.63, 3.8) is 0 Å². The Morgan fingerprint density at radius 3 is 2.61 bits per heavy atom. The Hall–Kier alpha value is -3.48. The van der Waals surface area contributed by atoms with Gasteiger partial charge in [-0.1, -0.05) is 25.5 Å². The van der Waals surface area contributed by atoms with Crippen LogP contribution < -0.4 is 10.9 Å². The molecule has 144 valence electrons. The highest BCUT2D eigenvalue weighted by molar-refractivity contribution is 5.93. The summed E-state index contributed by atoms with van der Waals surface area (Å²) in [6.07, 6.45) is 2.98. The van der Waals surface area contributed by atoms with Crippen molar-refractivity contribution < 1.29 is 14.3 Å². The minimum Gasteiger partial charge on any atom is -0.462 e. The number of nitrogens with zero attached hydrogens (tertiary/aromatic N) is 2. The van der Waals surface area contributed by atoms with Crippen LogP contribution in [0.3, 0.4) is 0 Å². The van der Waals surface area contributed by atoms with Crippen molar-refractivity contribution in [3.8, 4) is 0 Å². The van der Waals surface area contributed by atoms with Gasteiger partial charge in [0.05, 0.1) is 29.4 Å². The summed E-state index contributed by atoms with van der Waals surface area (Å²) in [6, 6.07) is 13.6. The molecule has 0 aliphatic carbocycles. The monoisotopic (exact) mass is 379 g/mol. The standard InChI is InChI=1S/C21H21N3O4/c1-2-3-12-28-21(27)15-8-10-16(11-9-15)23-19(25)14-24-18-7-5-4-6-17(18)22-13-20(24)26/h4-11,13H,2-3,12,14H2,1H3,(H,23,25). The summed E-state index contributed by atoms with van der Waals surface area (Å²) >= 11 is 0. The van der Waals surface area contributed by atoms with Crippen LogP contribution in [0.25, 0.3) is 11.0 Å². The topological polar surface area (TPSA) is 90.3 Å². The fourth-order valence-electron chi connectivity index (χ4n) is 2.70. The van der Waals surface area contributed by atoms with E-state index < -0.39 is 0 Å². The van der Waals surface area contributed by atoms with Crippen LogP contribution in [0, 0.1) is 0 Å². The number of anilines is 1. The Labute approximate surface area is 162 Å². The average Bonchev–Trinajstić information content (AvgIpc) is 2.71. The Morgan fingerprint density at radius 1 is 1.11 bits per heavy atom. The molecule has 1 amide bonds. The quantitative estimate of drug-likeness (QED) is 0.503. The molecule has 0 bridgehead atoms. The first kappa shape index (κ1) is 19.3. The smallest absolute Gasteiger partial charge is 0.338 e. The summed E-state index contributed by atoms with van der Waals surface area (Å²) in [6.45, 7) is 2.28. The predicted octanol–water partition coefficient (Wildman–Crippen LogP) is 2.99. The van der Waals surface area contributed by atoms with Crippen molar-refractivity contribution in [1.29, 1.82) is 0 Å². The van der Waals surface area contributed by atoms with Gasteiger partial charge in [-0.25, -0.2) is 9.78 Å². The van der Waals surface area contributed by atoms with Gasteiger partial charge in [-0.3, -0.25) is 14.2 Å². The predicted molar refractivity (Wildman–Crippen MR) is 106 cm³/mol. The van der Waals surface area contributed by atoms with Crippen LogP contribution in [0.4, 0.5) is 5.69 Å². The number of esters is 1. The van der Waals surface area contributed by atoms with Crippen LogP contribution in [0.1, 0.15) is 30.1 Å². The van der Waals surface area contributed by atoms with Crippen molar-refractivity contribution in [2.24, 2.45) is 0 Å². The minimum atomic E-state index is -0.388. The lowest BCUT2D eigenvalue weighted by Gasteiger charge is -2.10. The Balaban J connectivity index is 1.67. The SMILES string of the molecule is CCCCOC(=O)c1ccc(NC(=O)Cn2c(=O)cnc3ccccc32)cc1. The summed E-state index contributed by atoms with van der Waals surface area (Å²) in [7, 11) is 0. The number of hydrogen-bond donors (Lipinski definition) is 1. The fourth-order valence-corrected chi connectivity index (χ4v) is 2.70. The number of fused-ring (bicyclic) bond motifs is 1. The maximum atomic E-state index is 12.4. The summed E-state index contributed by atoms with van der Waals surface area (Å²) in [5.41, 5.74) is 1.84. The largest absolute Gasteiger partial charge is 0.462 e. The first-order valence-corrected chi connectivity index (χ1v) is 9.10. The zero-order valence-corrected chi connectivity index (χ0v) is 15.6. The molecule has 2 aromatic carbocycles. The minimum absolute atomic E-state index is 0.136. The van der Waals surface area contributed by atoms with Gasteiger partial charge in [-0.15, -0.1) is 0 Å². The van der Waals surface area contributed by atoms with Gasteiger partial charge in [0.1, 0.15) is 6.54 Å². The highest BCUT2D eigenvalue weighted by Gasteiger charge is 2.10. The van der Waals surface area contributed by atoms with Gasteiger partial charge in [0.15, 0.2) is 0 Å². The highest BCUT2D eigenvalue weighted by Crippen LogP contribution is 2.12. The average molecular weight is 379 g/mol. The van der Waals surface area contributed by atoms with E-state index in [4.69, 9.17) is 4.74 Å². The van der Waals surface area contributed by atoms with E-state index >= 15 is 0 Å². The van der Waals surface area contributed by atoms with Gasteiger partial charge in [-0.2, -0.15) is 0 Å². The molecule has 0 saturated heterocycles. The molecule has 7 heteroatoms. The third kappa shape index (κ3) is 4.62. The molecule has 0 aliphatic rings. The number of carbonyl (C=O) groups excluding carboxylic acids is 2. The van der Waals surface area contributed by atoms with Crippen molar-refractivity contribution in [2.75, 3.05) is 11.9 Å². The molecular weight excluding hydrogens is 358 g/mol. The molecule has 28 heavy (non-hydrogen) atoms. The maximum absolute atomic E-state index is 12.4. The Morgan fingerprint density at radius 2 is 1.86 bits per heavy atom. The van der Waals surface area contributed by atoms with Crippen LogP contribution >= 0.6 is 0 Å². The number of hydrogen-bond acceptors (Lipinski definition) is 5. The second-order valence-electron chi connectivity index (χ2n) is 6.29. The summed E-state index contributed by atoms with van der Waals surface area (Å²) < 4.78 is 6.52. The van der Waals surface area contributed by atoms with E-state index in [1.807, 2.05) is 13.0 Å². The molecule has 0 fully saturated rings. The molecule has 0 radical (unpaired) electrons. The van der Waals surface area contributed by atoms with Crippen LogP contribution in [0.2, 0.25) is 0 Å². The maximum Gasteiger partial charge on any atom is 0.338 e. The van der Waals surface area contributed by atoms with Gasteiger partial charge in [0, 0.05) is 5.69 Å². The molecule has 7 nitrogen and oxygen atoms in total. The zero-order valence-electron chi connectivity index (χ0n) is 15.6. The van der Waals surface area contributed by atoms with Crippen LogP contribution in [-0.2, 0) is 16.1 Å². The van der Waals surface area contributed by atoms with Crippen molar-refractivity contribution in [1.82, 2.24) is 9.55 Å².